The lowest BCUT2D eigenvalue weighted by atomic mass is 9.82. The maximum absolute atomic E-state index is 13.4. The van der Waals surface area contributed by atoms with E-state index in [1.807, 2.05) is 24.8 Å². The number of nitrogens with zero attached hydrogens (tertiary/aromatic N) is 2. The van der Waals surface area contributed by atoms with Gasteiger partial charge in [-0.05, 0) is 88.5 Å². The van der Waals surface area contributed by atoms with Crippen LogP contribution in [-0.2, 0) is 19.4 Å². The number of hydrogen-bond acceptors (Lipinski definition) is 4. The molecule has 1 aliphatic heterocycles. The van der Waals surface area contributed by atoms with Gasteiger partial charge in [-0.25, -0.2) is 0 Å². The number of amides is 1. The van der Waals surface area contributed by atoms with E-state index in [1.54, 1.807) is 11.3 Å². The zero-order valence-corrected chi connectivity index (χ0v) is 23.2. The summed E-state index contributed by atoms with van der Waals surface area (Å²) < 4.78 is 0. The van der Waals surface area contributed by atoms with Crippen LogP contribution in [0.4, 0.5) is 5.00 Å². The average molecular weight is 518 g/mol. The van der Waals surface area contributed by atoms with Crippen molar-refractivity contribution in [1.82, 2.24) is 9.88 Å². The minimum absolute atomic E-state index is 0.0591. The second kappa shape index (κ2) is 11.3. The van der Waals surface area contributed by atoms with Crippen LogP contribution < -0.4 is 10.5 Å². The highest BCUT2D eigenvalue weighted by Crippen LogP contribution is 2.39. The van der Waals surface area contributed by atoms with Gasteiger partial charge in [0.05, 0.1) is 17.1 Å². The molecule has 0 bridgehead atoms. The second-order valence-corrected chi connectivity index (χ2v) is 11.9. The highest BCUT2D eigenvalue weighted by Gasteiger charge is 2.31. The molecule has 2 aromatic heterocycles. The number of nitrogens with one attached hydrogen (secondary N) is 1. The molecular formula is C31H39N3O2S. The second-order valence-electron chi connectivity index (χ2n) is 10.8. The van der Waals surface area contributed by atoms with Gasteiger partial charge in [-0.15, -0.1) is 11.3 Å². The molecule has 0 spiro atoms. The summed E-state index contributed by atoms with van der Waals surface area (Å²) >= 11 is 1.80. The Balaban J connectivity index is 1.22. The van der Waals surface area contributed by atoms with Gasteiger partial charge in [-0.2, -0.15) is 0 Å². The van der Waals surface area contributed by atoms with Crippen molar-refractivity contribution in [2.45, 2.75) is 78.3 Å². The highest BCUT2D eigenvalue weighted by molar-refractivity contribution is 7.16. The molecule has 196 valence electrons. The summed E-state index contributed by atoms with van der Waals surface area (Å²) in [5.41, 5.74) is 4.69. The van der Waals surface area contributed by atoms with E-state index in [9.17, 15) is 9.59 Å². The predicted octanol–water partition coefficient (Wildman–Crippen LogP) is 6.27. The van der Waals surface area contributed by atoms with Gasteiger partial charge < -0.3 is 14.8 Å². The Bertz CT molecular complexity index is 1290. The third kappa shape index (κ3) is 5.69. The zero-order valence-electron chi connectivity index (χ0n) is 22.4. The maximum atomic E-state index is 13.4. The number of carbonyl (C=O) groups is 1. The molecule has 5 nitrogen and oxygen atoms in total. The van der Waals surface area contributed by atoms with Gasteiger partial charge in [-0.3, -0.25) is 9.59 Å². The van der Waals surface area contributed by atoms with Crippen LogP contribution in [0.1, 0.15) is 76.6 Å². The molecule has 1 saturated carbocycles. The van der Waals surface area contributed by atoms with Crippen molar-refractivity contribution < 1.29 is 4.79 Å². The molecule has 6 heteroatoms. The van der Waals surface area contributed by atoms with E-state index in [0.717, 1.165) is 35.7 Å². The number of aromatic amines is 1. The summed E-state index contributed by atoms with van der Waals surface area (Å²) in [5, 5.41) is 1.24. The van der Waals surface area contributed by atoms with Gasteiger partial charge in [0, 0.05) is 41.7 Å². The van der Waals surface area contributed by atoms with E-state index in [2.05, 4.69) is 53.2 Å². The molecule has 1 aliphatic carbocycles. The fraction of sp³-hybridized carbons (Fsp3) is 0.484. The fourth-order valence-corrected chi connectivity index (χ4v) is 7.48. The SMILES string of the molecule is CCN(c1cc2c(s1)CCN(Cc1c(C)cc(C)[nH]c1=O)C2=O)C1CCC(CCc2ccccc2)CC1. The first-order valence-electron chi connectivity index (χ1n) is 13.8. The number of aromatic nitrogens is 1. The molecule has 5 rings (SSSR count). The molecule has 0 atom stereocenters. The summed E-state index contributed by atoms with van der Waals surface area (Å²) in [6.07, 6.45) is 8.35. The largest absolute Gasteiger partial charge is 0.361 e. The first-order valence-corrected chi connectivity index (χ1v) is 14.7. The number of carbonyl (C=O) groups excluding carboxylic acids is 1. The van der Waals surface area contributed by atoms with Gasteiger partial charge >= 0.3 is 0 Å². The Labute approximate surface area is 224 Å². The van der Waals surface area contributed by atoms with Crippen molar-refractivity contribution in [2.75, 3.05) is 18.0 Å². The summed E-state index contributed by atoms with van der Waals surface area (Å²) in [5.74, 6) is 0.874. The van der Waals surface area contributed by atoms with E-state index in [-0.39, 0.29) is 11.5 Å². The Morgan fingerprint density at radius 1 is 1.05 bits per heavy atom. The van der Waals surface area contributed by atoms with Crippen molar-refractivity contribution >= 4 is 22.2 Å². The van der Waals surface area contributed by atoms with E-state index in [4.69, 9.17) is 0 Å². The van der Waals surface area contributed by atoms with Crippen molar-refractivity contribution in [3.8, 4) is 0 Å². The summed E-state index contributed by atoms with van der Waals surface area (Å²) in [4.78, 5) is 34.5. The van der Waals surface area contributed by atoms with E-state index in [0.29, 0.717) is 24.7 Å². The van der Waals surface area contributed by atoms with Crippen LogP contribution in [0.2, 0.25) is 0 Å². The molecule has 37 heavy (non-hydrogen) atoms. The number of rotatable bonds is 8. The predicted molar refractivity (Wildman–Crippen MR) is 153 cm³/mol. The number of anilines is 1. The number of H-pyrrole nitrogens is 1. The summed E-state index contributed by atoms with van der Waals surface area (Å²) in [7, 11) is 0. The van der Waals surface area contributed by atoms with Gasteiger partial charge in [0.15, 0.2) is 0 Å². The lowest BCUT2D eigenvalue weighted by Gasteiger charge is -2.37. The molecule has 0 radical (unpaired) electrons. The molecule has 0 unspecified atom stereocenters. The smallest absolute Gasteiger partial charge is 0.255 e. The topological polar surface area (TPSA) is 56.4 Å². The molecule has 1 fully saturated rings. The van der Waals surface area contributed by atoms with Crippen molar-refractivity contribution in [1.29, 1.82) is 0 Å². The number of thiophene rings is 1. The lowest BCUT2D eigenvalue weighted by Crippen LogP contribution is -2.38. The molecule has 1 amide bonds. The minimum atomic E-state index is -0.0846. The third-order valence-corrected chi connectivity index (χ3v) is 9.56. The van der Waals surface area contributed by atoms with Gasteiger partial charge in [0.1, 0.15) is 0 Å². The lowest BCUT2D eigenvalue weighted by molar-refractivity contribution is 0.0728. The summed E-state index contributed by atoms with van der Waals surface area (Å²) in [6, 6.07) is 15.5. The zero-order chi connectivity index (χ0) is 25.9. The molecule has 1 N–H and O–H groups in total. The molecule has 3 aromatic rings. The normalized spacial score (nSPS) is 19.6. The number of aryl methyl sites for hydroxylation is 3. The molecule has 1 aromatic carbocycles. The molecule has 2 aliphatic rings. The molecule has 3 heterocycles. The van der Waals surface area contributed by atoms with E-state index < -0.39 is 0 Å². The van der Waals surface area contributed by atoms with Crippen LogP contribution in [-0.4, -0.2) is 34.9 Å². The number of benzene rings is 1. The maximum Gasteiger partial charge on any atom is 0.255 e. The molecule has 0 saturated heterocycles. The Morgan fingerprint density at radius 3 is 2.51 bits per heavy atom. The first-order chi connectivity index (χ1) is 17.9. The minimum Gasteiger partial charge on any atom is -0.361 e. The van der Waals surface area contributed by atoms with Gasteiger partial charge in [-0.1, -0.05) is 30.3 Å². The van der Waals surface area contributed by atoms with E-state index in [1.165, 1.54) is 54.0 Å². The highest BCUT2D eigenvalue weighted by atomic mass is 32.1. The van der Waals surface area contributed by atoms with Crippen molar-refractivity contribution in [3.63, 3.8) is 0 Å². The van der Waals surface area contributed by atoms with Crippen LogP contribution in [0.15, 0.2) is 47.3 Å². The number of hydrogen-bond donors (Lipinski definition) is 1. The average Bonchev–Trinajstić information content (AvgIpc) is 3.33. The number of fused-ring (bicyclic) bond motifs is 1. The molecular weight excluding hydrogens is 478 g/mol. The van der Waals surface area contributed by atoms with Gasteiger partial charge in [0.25, 0.3) is 11.5 Å². The van der Waals surface area contributed by atoms with E-state index >= 15 is 0 Å². The number of pyridine rings is 1. The quantitative estimate of drug-likeness (QED) is 0.383. The summed E-state index contributed by atoms with van der Waals surface area (Å²) in [6.45, 7) is 8.08. The van der Waals surface area contributed by atoms with Crippen molar-refractivity contribution in [2.24, 2.45) is 5.92 Å². The third-order valence-electron chi connectivity index (χ3n) is 8.33. The van der Waals surface area contributed by atoms with Crippen LogP contribution in [0.3, 0.4) is 0 Å². The fourth-order valence-electron chi connectivity index (χ4n) is 6.21. The van der Waals surface area contributed by atoms with Crippen molar-refractivity contribution in [3.05, 3.63) is 85.6 Å². The Morgan fingerprint density at radius 2 is 1.81 bits per heavy atom. The first kappa shape index (κ1) is 25.8. The van der Waals surface area contributed by atoms with Gasteiger partial charge in [0.2, 0.25) is 0 Å². The van der Waals surface area contributed by atoms with Crippen LogP contribution >= 0.6 is 11.3 Å². The van der Waals surface area contributed by atoms with Crippen LogP contribution in [0, 0.1) is 19.8 Å². The van der Waals surface area contributed by atoms with Crippen LogP contribution in [0.5, 0.6) is 0 Å². The Hall–Kier alpha value is -2.86. The van der Waals surface area contributed by atoms with Crippen LogP contribution in [0.25, 0.3) is 0 Å². The standard InChI is InChI=1S/C31H39N3O2S/c1-4-34(25-14-12-24(13-15-25)11-10-23-8-6-5-7-9-23)29-19-26-28(37-29)16-17-33(31(26)36)20-27-21(2)18-22(3)32-30(27)35/h5-9,18-19,24-25H,4,10-17,20H2,1-3H3,(H,32,35). The monoisotopic (exact) mass is 517 g/mol. The Kier molecular flexibility index (Phi) is 7.84.